The molecule has 4 heteroatoms. The molecule has 1 aliphatic carbocycles. The number of rotatable bonds is 9. The highest BCUT2D eigenvalue weighted by atomic mass is 16.4. The van der Waals surface area contributed by atoms with Gasteiger partial charge in [-0.15, -0.1) is 0 Å². The standard InChI is InChI=1S/C14H25NO3/c1-3-14(2)10-11(14)13(18)15-9-7-5-4-6-8-12(16)17/h11H,3-10H2,1-2H3,(H,15,18)(H,16,17). The first-order valence-corrected chi connectivity index (χ1v) is 6.99. The summed E-state index contributed by atoms with van der Waals surface area (Å²) in [6.07, 6.45) is 5.94. The number of carbonyl (C=O) groups is 2. The molecule has 0 heterocycles. The Bertz CT molecular complexity index is 303. The van der Waals surface area contributed by atoms with Gasteiger partial charge in [0, 0.05) is 18.9 Å². The summed E-state index contributed by atoms with van der Waals surface area (Å²) in [5.74, 6) is -0.310. The molecule has 1 fully saturated rings. The highest BCUT2D eigenvalue weighted by Gasteiger charge is 2.52. The van der Waals surface area contributed by atoms with Crippen molar-refractivity contribution in [3.05, 3.63) is 0 Å². The van der Waals surface area contributed by atoms with Gasteiger partial charge in [0.1, 0.15) is 0 Å². The van der Waals surface area contributed by atoms with Crippen LogP contribution in [0.2, 0.25) is 0 Å². The fraction of sp³-hybridized carbons (Fsp3) is 0.857. The fourth-order valence-corrected chi connectivity index (χ4v) is 2.30. The van der Waals surface area contributed by atoms with Crippen LogP contribution in [-0.2, 0) is 9.59 Å². The third kappa shape index (κ3) is 4.67. The second-order valence-corrected chi connectivity index (χ2v) is 5.61. The van der Waals surface area contributed by atoms with Gasteiger partial charge in [-0.3, -0.25) is 9.59 Å². The molecule has 1 aliphatic rings. The Labute approximate surface area is 109 Å². The van der Waals surface area contributed by atoms with Crippen LogP contribution in [-0.4, -0.2) is 23.5 Å². The van der Waals surface area contributed by atoms with Crippen LogP contribution in [0.5, 0.6) is 0 Å². The number of carbonyl (C=O) groups excluding carboxylic acids is 1. The van der Waals surface area contributed by atoms with Gasteiger partial charge in [-0.05, 0) is 31.1 Å². The van der Waals surface area contributed by atoms with E-state index in [1.165, 1.54) is 0 Å². The van der Waals surface area contributed by atoms with E-state index >= 15 is 0 Å². The molecule has 0 radical (unpaired) electrons. The average Bonchev–Trinajstić information content (AvgIpc) is 3.01. The summed E-state index contributed by atoms with van der Waals surface area (Å²) >= 11 is 0. The quantitative estimate of drug-likeness (QED) is 0.622. The van der Waals surface area contributed by atoms with Gasteiger partial charge in [0.25, 0.3) is 0 Å². The SMILES string of the molecule is CCC1(C)CC1C(=O)NCCCCCCC(=O)O. The Morgan fingerprint density at radius 1 is 1.28 bits per heavy atom. The van der Waals surface area contributed by atoms with Crippen molar-refractivity contribution in [2.45, 2.75) is 58.8 Å². The molecule has 104 valence electrons. The predicted molar refractivity (Wildman–Crippen MR) is 70.2 cm³/mol. The van der Waals surface area contributed by atoms with Gasteiger partial charge < -0.3 is 10.4 Å². The lowest BCUT2D eigenvalue weighted by atomic mass is 10.0. The van der Waals surface area contributed by atoms with E-state index in [-0.39, 0.29) is 23.7 Å². The van der Waals surface area contributed by atoms with Crippen LogP contribution in [0.3, 0.4) is 0 Å². The molecule has 0 spiro atoms. The monoisotopic (exact) mass is 255 g/mol. The molecule has 0 aromatic carbocycles. The fourth-order valence-electron chi connectivity index (χ4n) is 2.30. The molecule has 18 heavy (non-hydrogen) atoms. The van der Waals surface area contributed by atoms with Crippen molar-refractivity contribution in [3.63, 3.8) is 0 Å². The Balaban J connectivity index is 1.96. The Morgan fingerprint density at radius 2 is 1.94 bits per heavy atom. The van der Waals surface area contributed by atoms with Crippen molar-refractivity contribution >= 4 is 11.9 Å². The van der Waals surface area contributed by atoms with Gasteiger partial charge >= 0.3 is 5.97 Å². The summed E-state index contributed by atoms with van der Waals surface area (Å²) in [6.45, 7) is 5.03. The van der Waals surface area contributed by atoms with Gasteiger partial charge in [0.2, 0.25) is 5.91 Å². The number of amides is 1. The molecule has 1 saturated carbocycles. The van der Waals surface area contributed by atoms with Crippen molar-refractivity contribution in [2.24, 2.45) is 11.3 Å². The third-order valence-electron chi connectivity index (χ3n) is 4.09. The van der Waals surface area contributed by atoms with Crippen LogP contribution >= 0.6 is 0 Å². The number of carboxylic acids is 1. The zero-order valence-electron chi connectivity index (χ0n) is 11.5. The van der Waals surface area contributed by atoms with E-state index in [1.54, 1.807) is 0 Å². The van der Waals surface area contributed by atoms with Gasteiger partial charge in [-0.1, -0.05) is 26.7 Å². The molecule has 0 bridgehead atoms. The highest BCUT2D eigenvalue weighted by Crippen LogP contribution is 2.54. The molecule has 1 rings (SSSR count). The largest absolute Gasteiger partial charge is 0.481 e. The lowest BCUT2D eigenvalue weighted by Gasteiger charge is -2.08. The van der Waals surface area contributed by atoms with Crippen molar-refractivity contribution in [3.8, 4) is 0 Å². The number of unbranched alkanes of at least 4 members (excludes halogenated alkanes) is 3. The maximum Gasteiger partial charge on any atom is 0.303 e. The average molecular weight is 255 g/mol. The molecular weight excluding hydrogens is 230 g/mol. The molecule has 0 aromatic heterocycles. The molecule has 0 aliphatic heterocycles. The van der Waals surface area contributed by atoms with E-state index in [2.05, 4.69) is 19.2 Å². The summed E-state index contributed by atoms with van der Waals surface area (Å²) in [7, 11) is 0. The van der Waals surface area contributed by atoms with Gasteiger partial charge in [0.05, 0.1) is 0 Å². The summed E-state index contributed by atoms with van der Waals surface area (Å²) in [4.78, 5) is 22.1. The van der Waals surface area contributed by atoms with Crippen molar-refractivity contribution in [2.75, 3.05) is 6.54 Å². The van der Waals surface area contributed by atoms with Crippen molar-refractivity contribution in [1.82, 2.24) is 5.32 Å². The topological polar surface area (TPSA) is 66.4 Å². The summed E-state index contributed by atoms with van der Waals surface area (Å²) in [5.41, 5.74) is 0.242. The minimum Gasteiger partial charge on any atom is -0.481 e. The van der Waals surface area contributed by atoms with E-state index in [0.29, 0.717) is 0 Å². The number of hydrogen-bond donors (Lipinski definition) is 2. The third-order valence-corrected chi connectivity index (χ3v) is 4.09. The van der Waals surface area contributed by atoms with Crippen LogP contribution < -0.4 is 5.32 Å². The second kappa shape index (κ2) is 6.76. The zero-order valence-corrected chi connectivity index (χ0v) is 11.5. The molecule has 4 nitrogen and oxygen atoms in total. The maximum absolute atomic E-state index is 11.8. The van der Waals surface area contributed by atoms with E-state index in [0.717, 1.165) is 45.1 Å². The first-order valence-electron chi connectivity index (χ1n) is 6.99. The van der Waals surface area contributed by atoms with Crippen LogP contribution in [0.1, 0.15) is 58.8 Å². The second-order valence-electron chi connectivity index (χ2n) is 5.61. The summed E-state index contributed by atoms with van der Waals surface area (Å²) < 4.78 is 0. The summed E-state index contributed by atoms with van der Waals surface area (Å²) in [6, 6.07) is 0. The molecule has 2 N–H and O–H groups in total. The number of aliphatic carboxylic acids is 1. The number of carboxylic acid groups (broad SMARTS) is 1. The lowest BCUT2D eigenvalue weighted by molar-refractivity contribution is -0.137. The minimum atomic E-state index is -0.726. The molecule has 1 amide bonds. The van der Waals surface area contributed by atoms with E-state index in [9.17, 15) is 9.59 Å². The predicted octanol–water partition coefficient (Wildman–Crippen LogP) is 2.57. The maximum atomic E-state index is 11.8. The molecule has 0 aromatic rings. The highest BCUT2D eigenvalue weighted by molar-refractivity contribution is 5.82. The van der Waals surface area contributed by atoms with Crippen molar-refractivity contribution in [1.29, 1.82) is 0 Å². The van der Waals surface area contributed by atoms with Gasteiger partial charge in [-0.2, -0.15) is 0 Å². The number of hydrogen-bond acceptors (Lipinski definition) is 2. The van der Waals surface area contributed by atoms with Crippen LogP contribution in [0.15, 0.2) is 0 Å². The van der Waals surface area contributed by atoms with E-state index in [1.807, 2.05) is 0 Å². The Morgan fingerprint density at radius 3 is 2.50 bits per heavy atom. The Hall–Kier alpha value is -1.06. The van der Waals surface area contributed by atoms with Gasteiger partial charge in [-0.25, -0.2) is 0 Å². The van der Waals surface area contributed by atoms with Crippen LogP contribution in [0.4, 0.5) is 0 Å². The molecule has 2 unspecified atom stereocenters. The van der Waals surface area contributed by atoms with Crippen LogP contribution in [0.25, 0.3) is 0 Å². The molecule has 2 atom stereocenters. The lowest BCUT2D eigenvalue weighted by Crippen LogP contribution is -2.27. The zero-order chi connectivity index (χ0) is 13.6. The normalized spacial score (nSPS) is 25.8. The first kappa shape index (κ1) is 15.0. The molecule has 0 saturated heterocycles. The van der Waals surface area contributed by atoms with E-state index in [4.69, 9.17) is 5.11 Å². The smallest absolute Gasteiger partial charge is 0.303 e. The minimum absolute atomic E-state index is 0.199. The van der Waals surface area contributed by atoms with Crippen LogP contribution in [0, 0.1) is 11.3 Å². The molecular formula is C14H25NO3. The summed E-state index contributed by atoms with van der Waals surface area (Å²) in [5, 5.41) is 11.5. The Kier molecular flexibility index (Phi) is 5.63. The van der Waals surface area contributed by atoms with Crippen molar-refractivity contribution < 1.29 is 14.7 Å². The first-order chi connectivity index (χ1) is 8.49. The van der Waals surface area contributed by atoms with Gasteiger partial charge in [0.15, 0.2) is 0 Å². The number of nitrogens with one attached hydrogen (secondary N) is 1. The van der Waals surface area contributed by atoms with E-state index < -0.39 is 5.97 Å².